The Bertz CT molecular complexity index is 375. The van der Waals surface area contributed by atoms with E-state index in [2.05, 4.69) is 21.2 Å². The lowest BCUT2D eigenvalue weighted by Gasteiger charge is -2.23. The van der Waals surface area contributed by atoms with Crippen molar-refractivity contribution in [3.8, 4) is 0 Å². The van der Waals surface area contributed by atoms with Gasteiger partial charge < -0.3 is 16.2 Å². The molecule has 1 fully saturated rings. The zero-order chi connectivity index (χ0) is 11.6. The van der Waals surface area contributed by atoms with E-state index < -0.39 is 5.60 Å². The first-order valence-electron chi connectivity index (χ1n) is 5.60. The average molecular weight is 285 g/mol. The summed E-state index contributed by atoms with van der Waals surface area (Å²) in [6.07, 6.45) is 4.04. The van der Waals surface area contributed by atoms with Crippen LogP contribution < -0.4 is 11.1 Å². The molecule has 0 aromatic heterocycles. The van der Waals surface area contributed by atoms with Crippen molar-refractivity contribution < 1.29 is 5.11 Å². The molecule has 88 valence electrons. The van der Waals surface area contributed by atoms with Gasteiger partial charge in [0.15, 0.2) is 0 Å². The van der Waals surface area contributed by atoms with E-state index >= 15 is 0 Å². The van der Waals surface area contributed by atoms with Gasteiger partial charge in [0.25, 0.3) is 0 Å². The fourth-order valence-corrected chi connectivity index (χ4v) is 2.68. The van der Waals surface area contributed by atoms with Crippen LogP contribution in [0.5, 0.6) is 0 Å². The van der Waals surface area contributed by atoms with Crippen LogP contribution in [0.4, 0.5) is 11.4 Å². The third-order valence-corrected chi connectivity index (χ3v) is 3.79. The van der Waals surface area contributed by atoms with Crippen molar-refractivity contribution in [3.05, 3.63) is 22.7 Å². The predicted molar refractivity (Wildman–Crippen MR) is 70.5 cm³/mol. The minimum Gasteiger partial charge on any atom is -0.399 e. The zero-order valence-corrected chi connectivity index (χ0v) is 10.8. The highest BCUT2D eigenvalue weighted by Gasteiger charge is 2.30. The van der Waals surface area contributed by atoms with Gasteiger partial charge in [-0.25, -0.2) is 0 Å². The number of rotatable bonds is 3. The number of hydrogen-bond acceptors (Lipinski definition) is 3. The molecule has 0 aliphatic heterocycles. The maximum Gasteiger partial charge on any atom is 0.0819 e. The minimum atomic E-state index is -0.527. The third-order valence-electron chi connectivity index (χ3n) is 3.14. The van der Waals surface area contributed by atoms with E-state index in [-0.39, 0.29) is 0 Å². The van der Waals surface area contributed by atoms with E-state index in [1.54, 1.807) is 0 Å². The fourth-order valence-electron chi connectivity index (χ4n) is 2.14. The van der Waals surface area contributed by atoms with E-state index in [0.717, 1.165) is 41.5 Å². The highest BCUT2D eigenvalue weighted by Crippen LogP contribution is 2.31. The Morgan fingerprint density at radius 1 is 1.38 bits per heavy atom. The van der Waals surface area contributed by atoms with E-state index in [0.29, 0.717) is 6.54 Å². The summed E-state index contributed by atoms with van der Waals surface area (Å²) in [6.45, 7) is 0.607. The quantitative estimate of drug-likeness (QED) is 0.748. The first-order chi connectivity index (χ1) is 7.59. The lowest BCUT2D eigenvalue weighted by atomic mass is 10.0. The summed E-state index contributed by atoms with van der Waals surface area (Å²) in [4.78, 5) is 0. The molecule has 4 heteroatoms. The van der Waals surface area contributed by atoms with Gasteiger partial charge in [0.05, 0.1) is 5.60 Å². The standard InChI is InChI=1S/C12H17BrN2O/c13-10-7-9(14)3-4-11(10)15-8-12(16)5-1-2-6-12/h3-4,7,15-16H,1-2,5-6,8,14H2. The van der Waals surface area contributed by atoms with Crippen LogP contribution in [0.15, 0.2) is 22.7 Å². The summed E-state index contributed by atoms with van der Waals surface area (Å²) >= 11 is 3.45. The zero-order valence-electron chi connectivity index (χ0n) is 9.17. The normalized spacial score (nSPS) is 18.6. The van der Waals surface area contributed by atoms with Gasteiger partial charge in [-0.2, -0.15) is 0 Å². The van der Waals surface area contributed by atoms with Gasteiger partial charge >= 0.3 is 0 Å². The molecular weight excluding hydrogens is 268 g/mol. The molecule has 1 aliphatic rings. The molecule has 0 unspecified atom stereocenters. The van der Waals surface area contributed by atoms with Crippen molar-refractivity contribution in [2.24, 2.45) is 0 Å². The number of anilines is 2. The molecule has 0 amide bonds. The van der Waals surface area contributed by atoms with E-state index in [9.17, 15) is 5.11 Å². The van der Waals surface area contributed by atoms with Crippen molar-refractivity contribution in [2.75, 3.05) is 17.6 Å². The van der Waals surface area contributed by atoms with Gasteiger partial charge in [-0.15, -0.1) is 0 Å². The van der Waals surface area contributed by atoms with E-state index in [1.165, 1.54) is 0 Å². The first kappa shape index (κ1) is 11.7. The van der Waals surface area contributed by atoms with E-state index in [4.69, 9.17) is 5.73 Å². The maximum atomic E-state index is 10.2. The number of benzene rings is 1. The van der Waals surface area contributed by atoms with Crippen LogP contribution in [0.2, 0.25) is 0 Å². The SMILES string of the molecule is Nc1ccc(NCC2(O)CCCC2)c(Br)c1. The maximum absolute atomic E-state index is 10.2. The summed E-state index contributed by atoms with van der Waals surface area (Å²) < 4.78 is 0.939. The van der Waals surface area contributed by atoms with Crippen molar-refractivity contribution >= 4 is 27.3 Å². The van der Waals surface area contributed by atoms with Crippen LogP contribution in [0.3, 0.4) is 0 Å². The molecule has 1 aromatic carbocycles. The molecular formula is C12H17BrN2O. The Morgan fingerprint density at radius 2 is 2.06 bits per heavy atom. The summed E-state index contributed by atoms with van der Waals surface area (Å²) in [5.41, 5.74) is 6.85. The molecule has 0 spiro atoms. The van der Waals surface area contributed by atoms with Crippen molar-refractivity contribution in [1.29, 1.82) is 0 Å². The number of nitrogen functional groups attached to an aromatic ring is 1. The molecule has 16 heavy (non-hydrogen) atoms. The monoisotopic (exact) mass is 284 g/mol. The number of hydrogen-bond donors (Lipinski definition) is 3. The molecule has 0 bridgehead atoms. The van der Waals surface area contributed by atoms with Crippen LogP contribution >= 0.6 is 15.9 Å². The molecule has 4 N–H and O–H groups in total. The summed E-state index contributed by atoms with van der Waals surface area (Å²) in [5.74, 6) is 0. The summed E-state index contributed by atoms with van der Waals surface area (Å²) in [7, 11) is 0. The topological polar surface area (TPSA) is 58.3 Å². The molecule has 0 radical (unpaired) electrons. The predicted octanol–water partition coefficient (Wildman–Crippen LogP) is 2.75. The Balaban J connectivity index is 1.99. The van der Waals surface area contributed by atoms with Crippen LogP contribution in [0.1, 0.15) is 25.7 Å². The third kappa shape index (κ3) is 2.68. The fraction of sp³-hybridized carbons (Fsp3) is 0.500. The molecule has 1 aliphatic carbocycles. The number of halogens is 1. The molecule has 0 heterocycles. The Morgan fingerprint density at radius 3 is 2.69 bits per heavy atom. The highest BCUT2D eigenvalue weighted by molar-refractivity contribution is 9.10. The largest absolute Gasteiger partial charge is 0.399 e. The molecule has 1 saturated carbocycles. The van der Waals surface area contributed by atoms with Crippen LogP contribution in [0, 0.1) is 0 Å². The van der Waals surface area contributed by atoms with Gasteiger partial charge in [0, 0.05) is 22.4 Å². The Hall–Kier alpha value is -0.740. The first-order valence-corrected chi connectivity index (χ1v) is 6.40. The second kappa shape index (κ2) is 4.63. The van der Waals surface area contributed by atoms with Gasteiger partial charge in [-0.3, -0.25) is 0 Å². The van der Waals surface area contributed by atoms with Gasteiger partial charge in [-0.1, -0.05) is 12.8 Å². The van der Waals surface area contributed by atoms with Crippen molar-refractivity contribution in [1.82, 2.24) is 0 Å². The van der Waals surface area contributed by atoms with Gasteiger partial charge in [-0.05, 0) is 47.0 Å². The Labute approximate surface area is 104 Å². The second-order valence-corrected chi connectivity index (χ2v) is 5.38. The van der Waals surface area contributed by atoms with Crippen LogP contribution in [-0.4, -0.2) is 17.3 Å². The second-order valence-electron chi connectivity index (χ2n) is 4.52. The molecule has 0 atom stereocenters. The molecule has 0 saturated heterocycles. The smallest absolute Gasteiger partial charge is 0.0819 e. The summed E-state index contributed by atoms with van der Waals surface area (Å²) in [6, 6.07) is 5.64. The number of nitrogens with two attached hydrogens (primary N) is 1. The van der Waals surface area contributed by atoms with Gasteiger partial charge in [0.1, 0.15) is 0 Å². The van der Waals surface area contributed by atoms with Crippen LogP contribution in [0.25, 0.3) is 0 Å². The lowest BCUT2D eigenvalue weighted by molar-refractivity contribution is 0.0614. The lowest BCUT2D eigenvalue weighted by Crippen LogP contribution is -2.33. The summed E-state index contributed by atoms with van der Waals surface area (Å²) in [5, 5.41) is 13.5. The number of aliphatic hydroxyl groups is 1. The highest BCUT2D eigenvalue weighted by atomic mass is 79.9. The minimum absolute atomic E-state index is 0.527. The number of nitrogens with one attached hydrogen (secondary N) is 1. The van der Waals surface area contributed by atoms with Crippen molar-refractivity contribution in [2.45, 2.75) is 31.3 Å². The molecule has 1 aromatic rings. The van der Waals surface area contributed by atoms with Gasteiger partial charge in [0.2, 0.25) is 0 Å². The van der Waals surface area contributed by atoms with E-state index in [1.807, 2.05) is 18.2 Å². The molecule has 2 rings (SSSR count). The Kier molecular flexibility index (Phi) is 3.40. The van der Waals surface area contributed by atoms with Crippen LogP contribution in [-0.2, 0) is 0 Å². The van der Waals surface area contributed by atoms with Crippen molar-refractivity contribution in [3.63, 3.8) is 0 Å². The average Bonchev–Trinajstić information content (AvgIpc) is 2.64. The molecule has 3 nitrogen and oxygen atoms in total.